The van der Waals surface area contributed by atoms with Crippen LogP contribution in [0.4, 0.5) is 17.1 Å². The molecule has 24 heavy (non-hydrogen) atoms. The number of carbonyl (C=O) groups excluding carboxylic acids is 2. The summed E-state index contributed by atoms with van der Waals surface area (Å²) in [5.41, 5.74) is 3.28. The van der Waals surface area contributed by atoms with E-state index >= 15 is 0 Å². The Morgan fingerprint density at radius 1 is 1.04 bits per heavy atom. The maximum Gasteiger partial charge on any atom is 0.226 e. The highest BCUT2D eigenvalue weighted by Gasteiger charge is 2.05. The summed E-state index contributed by atoms with van der Waals surface area (Å²) >= 11 is 5.97. The van der Waals surface area contributed by atoms with Gasteiger partial charge in [-0.05, 0) is 42.8 Å². The molecule has 3 N–H and O–H groups in total. The van der Waals surface area contributed by atoms with E-state index in [2.05, 4.69) is 16.0 Å². The molecule has 126 valence electrons. The Bertz CT molecular complexity index is 747. The number of hydrogen-bond acceptors (Lipinski definition) is 3. The molecular weight excluding hydrogens is 326 g/mol. The van der Waals surface area contributed by atoms with E-state index in [1.165, 1.54) is 6.92 Å². The Hall–Kier alpha value is -2.53. The quantitative estimate of drug-likeness (QED) is 0.739. The van der Waals surface area contributed by atoms with Crippen molar-refractivity contribution in [3.05, 3.63) is 53.1 Å². The number of halogens is 1. The Morgan fingerprint density at radius 3 is 2.46 bits per heavy atom. The van der Waals surface area contributed by atoms with Gasteiger partial charge < -0.3 is 16.0 Å². The van der Waals surface area contributed by atoms with Gasteiger partial charge in [0.1, 0.15) is 0 Å². The largest absolute Gasteiger partial charge is 0.384 e. The second kappa shape index (κ2) is 8.36. The van der Waals surface area contributed by atoms with Crippen molar-refractivity contribution < 1.29 is 9.59 Å². The van der Waals surface area contributed by atoms with Gasteiger partial charge in [0.25, 0.3) is 0 Å². The van der Waals surface area contributed by atoms with Crippen molar-refractivity contribution in [2.75, 3.05) is 22.5 Å². The van der Waals surface area contributed by atoms with Crippen LogP contribution < -0.4 is 16.0 Å². The maximum absolute atomic E-state index is 12.0. The van der Waals surface area contributed by atoms with Crippen LogP contribution in [0, 0.1) is 6.92 Å². The van der Waals surface area contributed by atoms with Crippen LogP contribution in [0.25, 0.3) is 0 Å². The molecule has 0 atom stereocenters. The molecule has 0 saturated carbocycles. The van der Waals surface area contributed by atoms with Gasteiger partial charge in [0.15, 0.2) is 0 Å². The average molecular weight is 346 g/mol. The molecule has 2 aromatic rings. The minimum absolute atomic E-state index is 0.109. The lowest BCUT2D eigenvalue weighted by Crippen LogP contribution is -2.16. The fourth-order valence-corrected chi connectivity index (χ4v) is 2.37. The zero-order valence-electron chi connectivity index (χ0n) is 13.7. The van der Waals surface area contributed by atoms with Crippen molar-refractivity contribution in [2.45, 2.75) is 20.3 Å². The molecule has 0 aliphatic heterocycles. The highest BCUT2D eigenvalue weighted by Crippen LogP contribution is 2.20. The third-order valence-corrected chi connectivity index (χ3v) is 3.57. The van der Waals surface area contributed by atoms with Crippen molar-refractivity contribution in [1.82, 2.24) is 0 Å². The molecule has 0 aliphatic carbocycles. The molecular formula is C18H20ClN3O2. The van der Waals surface area contributed by atoms with Crippen LogP contribution in [-0.2, 0) is 9.59 Å². The minimum atomic E-state index is -0.153. The molecule has 0 fully saturated rings. The second-order valence-electron chi connectivity index (χ2n) is 5.45. The molecule has 2 aromatic carbocycles. The van der Waals surface area contributed by atoms with Crippen LogP contribution in [0.2, 0.25) is 5.02 Å². The number of rotatable bonds is 6. The number of benzene rings is 2. The van der Waals surface area contributed by atoms with Crippen molar-refractivity contribution in [3.8, 4) is 0 Å². The van der Waals surface area contributed by atoms with Gasteiger partial charge in [0, 0.05) is 42.0 Å². The first-order valence-electron chi connectivity index (χ1n) is 7.61. The molecule has 6 heteroatoms. The van der Waals surface area contributed by atoms with Crippen LogP contribution in [0.1, 0.15) is 18.9 Å². The molecule has 0 unspecified atom stereocenters. The van der Waals surface area contributed by atoms with E-state index in [0.29, 0.717) is 29.4 Å². The Labute approximate surface area is 146 Å². The van der Waals surface area contributed by atoms with Crippen molar-refractivity contribution in [2.24, 2.45) is 0 Å². The molecule has 5 nitrogen and oxygen atoms in total. The monoisotopic (exact) mass is 345 g/mol. The predicted octanol–water partition coefficient (Wildman–Crippen LogP) is 4.05. The van der Waals surface area contributed by atoms with E-state index in [-0.39, 0.29) is 11.8 Å². The zero-order valence-corrected chi connectivity index (χ0v) is 14.4. The lowest BCUT2D eigenvalue weighted by molar-refractivity contribution is -0.116. The van der Waals surface area contributed by atoms with Gasteiger partial charge in [-0.25, -0.2) is 0 Å². The highest BCUT2D eigenvalue weighted by molar-refractivity contribution is 6.30. The first kappa shape index (κ1) is 17.8. The summed E-state index contributed by atoms with van der Waals surface area (Å²) < 4.78 is 0. The summed E-state index contributed by atoms with van der Waals surface area (Å²) in [5.74, 6) is -0.262. The Morgan fingerprint density at radius 2 is 1.75 bits per heavy atom. The summed E-state index contributed by atoms with van der Waals surface area (Å²) in [6.07, 6.45) is 0.316. The summed E-state index contributed by atoms with van der Waals surface area (Å²) in [6, 6.07) is 12.6. The fourth-order valence-electron chi connectivity index (χ4n) is 2.20. The topological polar surface area (TPSA) is 70.2 Å². The second-order valence-corrected chi connectivity index (χ2v) is 5.88. The van der Waals surface area contributed by atoms with Crippen LogP contribution in [0.15, 0.2) is 42.5 Å². The molecule has 0 bridgehead atoms. The summed E-state index contributed by atoms with van der Waals surface area (Å²) in [7, 11) is 0. The standard InChI is InChI=1S/C18H20ClN3O2/c1-12-6-7-14(19)10-17(12)20-9-8-18(24)22-16-5-3-4-15(11-16)21-13(2)23/h3-7,10-11,20H,8-9H2,1-2H3,(H,21,23)(H,22,24). The summed E-state index contributed by atoms with van der Waals surface area (Å²) in [6.45, 7) is 3.92. The normalized spacial score (nSPS) is 10.1. The van der Waals surface area contributed by atoms with Crippen LogP contribution in [0.3, 0.4) is 0 Å². The lowest BCUT2D eigenvalue weighted by atomic mass is 10.2. The van der Waals surface area contributed by atoms with Gasteiger partial charge in [-0.2, -0.15) is 0 Å². The maximum atomic E-state index is 12.0. The molecule has 0 spiro atoms. The van der Waals surface area contributed by atoms with Gasteiger partial charge in [-0.15, -0.1) is 0 Å². The number of aryl methyl sites for hydroxylation is 1. The smallest absolute Gasteiger partial charge is 0.226 e. The Kier molecular flexibility index (Phi) is 6.21. The first-order valence-corrected chi connectivity index (χ1v) is 7.99. The van der Waals surface area contributed by atoms with E-state index in [1.54, 1.807) is 24.3 Å². The van der Waals surface area contributed by atoms with E-state index in [0.717, 1.165) is 11.3 Å². The number of amides is 2. The SMILES string of the molecule is CC(=O)Nc1cccc(NC(=O)CCNc2cc(Cl)ccc2C)c1. The van der Waals surface area contributed by atoms with Gasteiger partial charge >= 0.3 is 0 Å². The number of nitrogens with one attached hydrogen (secondary N) is 3. The summed E-state index contributed by atoms with van der Waals surface area (Å²) in [4.78, 5) is 23.1. The van der Waals surface area contributed by atoms with Crippen LogP contribution in [0.5, 0.6) is 0 Å². The molecule has 0 aromatic heterocycles. The molecule has 2 rings (SSSR count). The number of carbonyl (C=O) groups is 2. The third-order valence-electron chi connectivity index (χ3n) is 3.33. The van der Waals surface area contributed by atoms with E-state index in [9.17, 15) is 9.59 Å². The van der Waals surface area contributed by atoms with Crippen molar-refractivity contribution in [3.63, 3.8) is 0 Å². The van der Waals surface area contributed by atoms with Gasteiger partial charge in [0.05, 0.1) is 0 Å². The van der Waals surface area contributed by atoms with Crippen molar-refractivity contribution in [1.29, 1.82) is 0 Å². The lowest BCUT2D eigenvalue weighted by Gasteiger charge is -2.11. The molecule has 0 saturated heterocycles. The molecule has 0 radical (unpaired) electrons. The van der Waals surface area contributed by atoms with Crippen LogP contribution >= 0.6 is 11.6 Å². The Balaban J connectivity index is 1.85. The van der Waals surface area contributed by atoms with Gasteiger partial charge in [-0.3, -0.25) is 9.59 Å². The molecule has 2 amide bonds. The fraction of sp³-hybridized carbons (Fsp3) is 0.222. The predicted molar refractivity (Wildman–Crippen MR) is 98.7 cm³/mol. The first-order chi connectivity index (χ1) is 11.4. The molecule has 0 aliphatic rings. The van der Waals surface area contributed by atoms with Crippen LogP contribution in [-0.4, -0.2) is 18.4 Å². The molecule has 0 heterocycles. The van der Waals surface area contributed by atoms with E-state index in [4.69, 9.17) is 11.6 Å². The third kappa shape index (κ3) is 5.59. The van der Waals surface area contributed by atoms with E-state index < -0.39 is 0 Å². The minimum Gasteiger partial charge on any atom is -0.384 e. The average Bonchev–Trinajstić information content (AvgIpc) is 2.50. The van der Waals surface area contributed by atoms with Crippen molar-refractivity contribution >= 4 is 40.5 Å². The highest BCUT2D eigenvalue weighted by atomic mass is 35.5. The number of anilines is 3. The zero-order chi connectivity index (χ0) is 17.5. The van der Waals surface area contributed by atoms with Gasteiger partial charge in [0.2, 0.25) is 11.8 Å². The van der Waals surface area contributed by atoms with Gasteiger partial charge in [-0.1, -0.05) is 23.7 Å². The van der Waals surface area contributed by atoms with E-state index in [1.807, 2.05) is 25.1 Å². The number of hydrogen-bond donors (Lipinski definition) is 3. The summed E-state index contributed by atoms with van der Waals surface area (Å²) in [5, 5.41) is 9.35.